The number of urea groups is 1. The van der Waals surface area contributed by atoms with E-state index in [9.17, 15) is 9.59 Å². The van der Waals surface area contributed by atoms with E-state index in [0.717, 1.165) is 6.42 Å². The summed E-state index contributed by atoms with van der Waals surface area (Å²) in [5.41, 5.74) is 0.374. The van der Waals surface area contributed by atoms with Crippen LogP contribution in [0.2, 0.25) is 0 Å². The topological polar surface area (TPSA) is 78.4 Å². The predicted octanol–water partition coefficient (Wildman–Crippen LogP) is 2.94. The molecule has 3 N–H and O–H groups in total. The molecule has 1 aromatic carbocycles. The monoisotopic (exact) mass is 264 g/mol. The molecule has 0 radical (unpaired) electrons. The molecule has 19 heavy (non-hydrogen) atoms. The number of carboxylic acids is 1. The van der Waals surface area contributed by atoms with Crippen molar-refractivity contribution in [1.82, 2.24) is 5.32 Å². The number of aromatic carboxylic acids is 1. The summed E-state index contributed by atoms with van der Waals surface area (Å²) in [7, 11) is 0. The van der Waals surface area contributed by atoms with Crippen LogP contribution in [0.25, 0.3) is 0 Å². The molecule has 2 amide bonds. The first kappa shape index (κ1) is 15.0. The summed E-state index contributed by atoms with van der Waals surface area (Å²) in [6.45, 7) is 6.08. The Hall–Kier alpha value is -2.04. The van der Waals surface area contributed by atoms with Crippen LogP contribution in [0, 0.1) is 5.92 Å². The standard InChI is InChI=1S/C14H20N2O3/c1-9(2)8-10(3)15-14(19)16-12-7-5-4-6-11(12)13(17)18/h4-7,9-10H,8H2,1-3H3,(H,17,18)(H2,15,16,19). The molecule has 5 nitrogen and oxygen atoms in total. The SMILES string of the molecule is CC(C)CC(C)NC(=O)Nc1ccccc1C(=O)O. The highest BCUT2D eigenvalue weighted by atomic mass is 16.4. The van der Waals surface area contributed by atoms with Gasteiger partial charge in [0, 0.05) is 6.04 Å². The molecule has 0 heterocycles. The van der Waals surface area contributed by atoms with Crippen LogP contribution in [0.5, 0.6) is 0 Å². The number of carbonyl (C=O) groups is 2. The minimum absolute atomic E-state index is 0.0389. The number of benzene rings is 1. The second kappa shape index (κ2) is 6.78. The zero-order valence-electron chi connectivity index (χ0n) is 11.4. The van der Waals surface area contributed by atoms with Gasteiger partial charge in [0.25, 0.3) is 0 Å². The van der Waals surface area contributed by atoms with E-state index < -0.39 is 5.97 Å². The van der Waals surface area contributed by atoms with Crippen molar-refractivity contribution in [2.45, 2.75) is 33.2 Å². The zero-order chi connectivity index (χ0) is 14.4. The van der Waals surface area contributed by atoms with E-state index in [4.69, 9.17) is 5.11 Å². The van der Waals surface area contributed by atoms with Crippen molar-refractivity contribution in [1.29, 1.82) is 0 Å². The zero-order valence-corrected chi connectivity index (χ0v) is 11.4. The molecular weight excluding hydrogens is 244 g/mol. The van der Waals surface area contributed by atoms with Gasteiger partial charge in [-0.2, -0.15) is 0 Å². The number of hydrogen-bond donors (Lipinski definition) is 3. The van der Waals surface area contributed by atoms with Crippen LogP contribution in [0.15, 0.2) is 24.3 Å². The van der Waals surface area contributed by atoms with Gasteiger partial charge in [0.2, 0.25) is 0 Å². The average Bonchev–Trinajstić information content (AvgIpc) is 2.27. The highest BCUT2D eigenvalue weighted by Gasteiger charge is 2.13. The number of anilines is 1. The van der Waals surface area contributed by atoms with Crippen molar-refractivity contribution in [3.63, 3.8) is 0 Å². The van der Waals surface area contributed by atoms with E-state index in [0.29, 0.717) is 11.6 Å². The minimum atomic E-state index is -1.06. The Balaban J connectivity index is 2.65. The lowest BCUT2D eigenvalue weighted by Gasteiger charge is -2.17. The van der Waals surface area contributed by atoms with Gasteiger partial charge < -0.3 is 15.7 Å². The predicted molar refractivity (Wildman–Crippen MR) is 74.5 cm³/mol. The quantitative estimate of drug-likeness (QED) is 0.765. The third kappa shape index (κ3) is 4.99. The second-order valence-corrected chi connectivity index (χ2v) is 4.98. The first-order valence-electron chi connectivity index (χ1n) is 6.30. The van der Waals surface area contributed by atoms with Crippen molar-refractivity contribution in [2.24, 2.45) is 5.92 Å². The highest BCUT2D eigenvalue weighted by molar-refractivity contribution is 5.99. The van der Waals surface area contributed by atoms with Crippen molar-refractivity contribution in [2.75, 3.05) is 5.32 Å². The second-order valence-electron chi connectivity index (χ2n) is 4.98. The van der Waals surface area contributed by atoms with Crippen LogP contribution in [0.3, 0.4) is 0 Å². The number of rotatable bonds is 5. The number of para-hydroxylation sites is 1. The largest absolute Gasteiger partial charge is 0.478 e. The maximum atomic E-state index is 11.8. The number of carboxylic acid groups (broad SMARTS) is 1. The fraction of sp³-hybridized carbons (Fsp3) is 0.429. The van der Waals surface area contributed by atoms with E-state index in [-0.39, 0.29) is 17.6 Å². The van der Waals surface area contributed by atoms with Crippen molar-refractivity contribution < 1.29 is 14.7 Å². The van der Waals surface area contributed by atoms with Gasteiger partial charge in [-0.1, -0.05) is 26.0 Å². The van der Waals surface area contributed by atoms with Gasteiger partial charge in [0.05, 0.1) is 11.3 Å². The summed E-state index contributed by atoms with van der Waals surface area (Å²) >= 11 is 0. The van der Waals surface area contributed by atoms with Gasteiger partial charge in [-0.3, -0.25) is 0 Å². The lowest BCUT2D eigenvalue weighted by Crippen LogP contribution is -2.37. The summed E-state index contributed by atoms with van der Waals surface area (Å²) < 4.78 is 0. The van der Waals surface area contributed by atoms with Gasteiger partial charge in [-0.15, -0.1) is 0 Å². The van der Waals surface area contributed by atoms with Crippen LogP contribution in [-0.2, 0) is 0 Å². The van der Waals surface area contributed by atoms with Crippen LogP contribution < -0.4 is 10.6 Å². The Morgan fingerprint density at radius 3 is 2.42 bits per heavy atom. The maximum Gasteiger partial charge on any atom is 0.337 e. The minimum Gasteiger partial charge on any atom is -0.478 e. The first-order chi connectivity index (χ1) is 8.90. The van der Waals surface area contributed by atoms with E-state index in [2.05, 4.69) is 24.5 Å². The Kier molecular flexibility index (Phi) is 5.36. The molecule has 0 saturated heterocycles. The summed E-state index contributed by atoms with van der Waals surface area (Å²) in [5, 5.41) is 14.4. The van der Waals surface area contributed by atoms with Crippen LogP contribution >= 0.6 is 0 Å². The number of amides is 2. The molecule has 0 aliphatic heterocycles. The van der Waals surface area contributed by atoms with Crippen molar-refractivity contribution in [3.05, 3.63) is 29.8 Å². The third-order valence-corrected chi connectivity index (χ3v) is 2.61. The lowest BCUT2D eigenvalue weighted by molar-refractivity contribution is 0.0698. The fourth-order valence-corrected chi connectivity index (χ4v) is 1.93. The molecule has 1 aromatic rings. The third-order valence-electron chi connectivity index (χ3n) is 2.61. The average molecular weight is 264 g/mol. The molecule has 0 aliphatic rings. The molecule has 1 atom stereocenters. The molecule has 5 heteroatoms. The van der Waals surface area contributed by atoms with E-state index in [1.165, 1.54) is 6.07 Å². The van der Waals surface area contributed by atoms with Gasteiger partial charge in [-0.05, 0) is 31.4 Å². The molecule has 0 bridgehead atoms. The summed E-state index contributed by atoms with van der Waals surface area (Å²) in [5.74, 6) is -0.576. The smallest absolute Gasteiger partial charge is 0.337 e. The van der Waals surface area contributed by atoms with Crippen molar-refractivity contribution >= 4 is 17.7 Å². The van der Waals surface area contributed by atoms with E-state index in [1.54, 1.807) is 18.2 Å². The van der Waals surface area contributed by atoms with Crippen molar-refractivity contribution in [3.8, 4) is 0 Å². The molecule has 0 fully saturated rings. The van der Waals surface area contributed by atoms with Gasteiger partial charge in [0.15, 0.2) is 0 Å². The Morgan fingerprint density at radius 2 is 1.84 bits per heavy atom. The highest BCUT2D eigenvalue weighted by Crippen LogP contribution is 2.14. The van der Waals surface area contributed by atoms with Crippen LogP contribution in [0.4, 0.5) is 10.5 Å². The van der Waals surface area contributed by atoms with E-state index >= 15 is 0 Å². The van der Waals surface area contributed by atoms with Crippen LogP contribution in [-0.4, -0.2) is 23.1 Å². The van der Waals surface area contributed by atoms with Gasteiger partial charge in [0.1, 0.15) is 0 Å². The summed E-state index contributed by atoms with van der Waals surface area (Å²) in [4.78, 5) is 22.8. The number of hydrogen-bond acceptors (Lipinski definition) is 2. The molecule has 0 aliphatic carbocycles. The Bertz CT molecular complexity index is 458. The number of nitrogens with one attached hydrogen (secondary N) is 2. The van der Waals surface area contributed by atoms with Gasteiger partial charge >= 0.3 is 12.0 Å². The van der Waals surface area contributed by atoms with E-state index in [1.807, 2.05) is 6.92 Å². The van der Waals surface area contributed by atoms with Crippen LogP contribution in [0.1, 0.15) is 37.6 Å². The lowest BCUT2D eigenvalue weighted by atomic mass is 10.1. The Labute approximate surface area is 113 Å². The molecule has 104 valence electrons. The summed E-state index contributed by atoms with van der Waals surface area (Å²) in [6.07, 6.45) is 0.869. The fourth-order valence-electron chi connectivity index (χ4n) is 1.93. The molecule has 0 aromatic heterocycles. The first-order valence-corrected chi connectivity index (χ1v) is 6.30. The van der Waals surface area contributed by atoms with Gasteiger partial charge in [-0.25, -0.2) is 9.59 Å². The summed E-state index contributed by atoms with van der Waals surface area (Å²) in [6, 6.07) is 5.97. The molecule has 0 saturated carbocycles. The number of carbonyl (C=O) groups excluding carboxylic acids is 1. The normalized spacial score (nSPS) is 12.0. The molecule has 1 rings (SSSR count). The maximum absolute atomic E-state index is 11.8. The Morgan fingerprint density at radius 1 is 1.21 bits per heavy atom. The molecular formula is C14H20N2O3. The molecule has 1 unspecified atom stereocenters. The molecule has 0 spiro atoms.